The third-order valence-corrected chi connectivity index (χ3v) is 3.50. The number of anilines is 1. The van der Waals surface area contributed by atoms with Crippen LogP contribution in [0.3, 0.4) is 0 Å². The van der Waals surface area contributed by atoms with Gasteiger partial charge in [0.1, 0.15) is 5.82 Å². The first-order valence-corrected chi connectivity index (χ1v) is 7.02. The summed E-state index contributed by atoms with van der Waals surface area (Å²) in [4.78, 5) is 12.3. The molecule has 24 heavy (non-hydrogen) atoms. The van der Waals surface area contributed by atoms with Gasteiger partial charge in [0.15, 0.2) is 0 Å². The SMILES string of the molecule is CC(=N)c1c(F)cccc1NC(=O)c1c(Cl)cccc1C(F)(F)F. The van der Waals surface area contributed by atoms with Gasteiger partial charge in [0.25, 0.3) is 5.91 Å². The van der Waals surface area contributed by atoms with E-state index in [1.54, 1.807) is 0 Å². The number of rotatable bonds is 3. The normalized spacial score (nSPS) is 11.2. The molecule has 2 N–H and O–H groups in total. The second kappa shape index (κ2) is 6.60. The fraction of sp³-hybridized carbons (Fsp3) is 0.125. The number of benzene rings is 2. The van der Waals surface area contributed by atoms with E-state index in [-0.39, 0.29) is 22.0 Å². The van der Waals surface area contributed by atoms with E-state index >= 15 is 0 Å². The molecule has 0 unspecified atom stereocenters. The molecule has 0 bridgehead atoms. The van der Waals surface area contributed by atoms with Crippen LogP contribution in [0.25, 0.3) is 0 Å². The summed E-state index contributed by atoms with van der Waals surface area (Å²) in [6.45, 7) is 1.30. The molecule has 0 fully saturated rings. The maximum atomic E-state index is 13.8. The van der Waals surface area contributed by atoms with Gasteiger partial charge >= 0.3 is 6.18 Å². The standard InChI is InChI=1S/C16H11ClF4N2O/c1-8(22)13-11(18)6-3-7-12(13)23-15(24)14-9(16(19,20)21)4-2-5-10(14)17/h2-7,22H,1H3,(H,23,24). The number of carbonyl (C=O) groups excluding carboxylic acids is 1. The highest BCUT2D eigenvalue weighted by Gasteiger charge is 2.36. The Hall–Kier alpha value is -2.41. The molecule has 3 nitrogen and oxygen atoms in total. The van der Waals surface area contributed by atoms with Gasteiger partial charge < -0.3 is 10.7 Å². The monoisotopic (exact) mass is 358 g/mol. The minimum Gasteiger partial charge on any atom is -0.321 e. The maximum Gasteiger partial charge on any atom is 0.417 e. The predicted octanol–water partition coefficient (Wildman–Crippen LogP) is 5.14. The average molecular weight is 359 g/mol. The molecule has 0 heterocycles. The Bertz CT molecular complexity index is 818. The number of hydrogen-bond donors (Lipinski definition) is 2. The van der Waals surface area contributed by atoms with Crippen LogP contribution in [0.5, 0.6) is 0 Å². The Morgan fingerprint density at radius 1 is 1.12 bits per heavy atom. The van der Waals surface area contributed by atoms with E-state index in [9.17, 15) is 22.4 Å². The molecular weight excluding hydrogens is 348 g/mol. The van der Waals surface area contributed by atoms with Crippen LogP contribution in [0.2, 0.25) is 5.02 Å². The van der Waals surface area contributed by atoms with Crippen LogP contribution in [0.4, 0.5) is 23.2 Å². The van der Waals surface area contributed by atoms with Crippen LogP contribution in [-0.2, 0) is 6.18 Å². The Balaban J connectivity index is 2.50. The first-order chi connectivity index (χ1) is 11.1. The Kier molecular flexibility index (Phi) is 4.94. The summed E-state index contributed by atoms with van der Waals surface area (Å²) in [5, 5.41) is 9.37. The topological polar surface area (TPSA) is 53.0 Å². The van der Waals surface area contributed by atoms with Gasteiger partial charge in [-0.15, -0.1) is 0 Å². The highest BCUT2D eigenvalue weighted by Crippen LogP contribution is 2.35. The highest BCUT2D eigenvalue weighted by molar-refractivity contribution is 6.34. The Morgan fingerprint density at radius 2 is 1.75 bits per heavy atom. The number of halogens is 5. The molecule has 2 aromatic rings. The van der Waals surface area contributed by atoms with Crippen molar-refractivity contribution in [3.05, 3.63) is 63.9 Å². The summed E-state index contributed by atoms with van der Waals surface area (Å²) in [6.07, 6.45) is -4.78. The number of carbonyl (C=O) groups is 1. The molecule has 8 heteroatoms. The smallest absolute Gasteiger partial charge is 0.321 e. The van der Waals surface area contributed by atoms with Crippen LogP contribution in [0.15, 0.2) is 36.4 Å². The van der Waals surface area contributed by atoms with E-state index in [0.717, 1.165) is 24.3 Å². The van der Waals surface area contributed by atoms with Crippen LogP contribution in [0, 0.1) is 11.2 Å². The minimum atomic E-state index is -4.78. The Morgan fingerprint density at radius 3 is 2.33 bits per heavy atom. The number of hydrogen-bond acceptors (Lipinski definition) is 2. The van der Waals surface area contributed by atoms with Gasteiger partial charge in [0, 0.05) is 5.71 Å². The molecule has 1 amide bonds. The molecule has 126 valence electrons. The first kappa shape index (κ1) is 17.9. The molecule has 0 aromatic heterocycles. The van der Waals surface area contributed by atoms with Crippen molar-refractivity contribution in [2.75, 3.05) is 5.32 Å². The van der Waals surface area contributed by atoms with E-state index in [4.69, 9.17) is 17.0 Å². The van der Waals surface area contributed by atoms with Crippen molar-refractivity contribution in [3.8, 4) is 0 Å². The van der Waals surface area contributed by atoms with Crippen molar-refractivity contribution in [1.82, 2.24) is 0 Å². The van der Waals surface area contributed by atoms with Crippen LogP contribution >= 0.6 is 11.6 Å². The molecule has 0 aliphatic carbocycles. The van der Waals surface area contributed by atoms with Gasteiger partial charge in [0.05, 0.1) is 27.4 Å². The average Bonchev–Trinajstić information content (AvgIpc) is 2.45. The van der Waals surface area contributed by atoms with Crippen molar-refractivity contribution >= 4 is 28.9 Å². The lowest BCUT2D eigenvalue weighted by molar-refractivity contribution is -0.137. The molecule has 2 aromatic carbocycles. The summed E-state index contributed by atoms with van der Waals surface area (Å²) >= 11 is 5.75. The van der Waals surface area contributed by atoms with Gasteiger partial charge in [-0.1, -0.05) is 23.7 Å². The third kappa shape index (κ3) is 3.56. The quantitative estimate of drug-likeness (QED) is 0.579. The molecule has 0 spiro atoms. The van der Waals surface area contributed by atoms with E-state index in [1.807, 2.05) is 0 Å². The molecule has 0 saturated heterocycles. The van der Waals surface area contributed by atoms with Crippen molar-refractivity contribution in [2.45, 2.75) is 13.1 Å². The lowest BCUT2D eigenvalue weighted by atomic mass is 10.0. The molecule has 2 rings (SSSR count). The third-order valence-electron chi connectivity index (χ3n) is 3.18. The van der Waals surface area contributed by atoms with Crippen molar-refractivity contribution < 1.29 is 22.4 Å². The largest absolute Gasteiger partial charge is 0.417 e. The van der Waals surface area contributed by atoms with E-state index in [0.29, 0.717) is 0 Å². The second-order valence-electron chi connectivity index (χ2n) is 4.90. The number of nitrogens with one attached hydrogen (secondary N) is 2. The van der Waals surface area contributed by atoms with Crippen molar-refractivity contribution in [1.29, 1.82) is 5.41 Å². The fourth-order valence-corrected chi connectivity index (χ4v) is 2.45. The van der Waals surface area contributed by atoms with Crippen molar-refractivity contribution in [3.63, 3.8) is 0 Å². The summed E-state index contributed by atoms with van der Waals surface area (Å²) in [7, 11) is 0. The van der Waals surface area contributed by atoms with E-state index in [2.05, 4.69) is 5.32 Å². The van der Waals surface area contributed by atoms with E-state index < -0.39 is 29.0 Å². The summed E-state index contributed by atoms with van der Waals surface area (Å²) in [5.41, 5.74) is -2.45. The molecule has 0 saturated carbocycles. The van der Waals surface area contributed by atoms with Gasteiger partial charge in [-0.2, -0.15) is 13.2 Å². The first-order valence-electron chi connectivity index (χ1n) is 6.64. The Labute approximate surface area is 139 Å². The highest BCUT2D eigenvalue weighted by atomic mass is 35.5. The van der Waals surface area contributed by atoms with Gasteiger partial charge in [-0.3, -0.25) is 4.79 Å². The number of alkyl halides is 3. The molecule has 0 aliphatic rings. The molecule has 0 radical (unpaired) electrons. The number of amides is 1. The van der Waals surface area contributed by atoms with Crippen molar-refractivity contribution in [2.24, 2.45) is 0 Å². The predicted molar refractivity (Wildman–Crippen MR) is 83.3 cm³/mol. The summed E-state index contributed by atoms with van der Waals surface area (Å²) in [6, 6.07) is 6.61. The maximum absolute atomic E-state index is 13.8. The van der Waals surface area contributed by atoms with E-state index in [1.165, 1.54) is 19.1 Å². The summed E-state index contributed by atoms with van der Waals surface area (Å²) < 4.78 is 53.0. The lowest BCUT2D eigenvalue weighted by Crippen LogP contribution is -2.20. The zero-order valence-electron chi connectivity index (χ0n) is 12.3. The molecule has 0 atom stereocenters. The molecule has 0 aliphatic heterocycles. The summed E-state index contributed by atoms with van der Waals surface area (Å²) in [5.74, 6) is -1.91. The van der Waals surface area contributed by atoms with Crippen LogP contribution < -0.4 is 5.32 Å². The fourth-order valence-electron chi connectivity index (χ4n) is 2.19. The lowest BCUT2D eigenvalue weighted by Gasteiger charge is -2.16. The zero-order valence-corrected chi connectivity index (χ0v) is 13.0. The van der Waals surface area contributed by atoms with Crippen LogP contribution in [-0.4, -0.2) is 11.6 Å². The second-order valence-corrected chi connectivity index (χ2v) is 5.31. The van der Waals surface area contributed by atoms with Crippen LogP contribution in [0.1, 0.15) is 28.4 Å². The van der Waals surface area contributed by atoms with Gasteiger partial charge in [0.2, 0.25) is 0 Å². The minimum absolute atomic E-state index is 0.111. The van der Waals surface area contributed by atoms with Gasteiger partial charge in [-0.05, 0) is 31.2 Å². The zero-order chi connectivity index (χ0) is 18.1. The molecular formula is C16H11ClF4N2O. The van der Waals surface area contributed by atoms with Gasteiger partial charge in [-0.25, -0.2) is 4.39 Å².